The number of imide groups is 1. The number of primary amides is 1. The molecule has 0 bridgehead atoms. The van der Waals surface area contributed by atoms with E-state index in [1.807, 2.05) is 6.07 Å². The van der Waals surface area contributed by atoms with Gasteiger partial charge in [-0.15, -0.1) is 0 Å². The summed E-state index contributed by atoms with van der Waals surface area (Å²) in [5, 5.41) is 0. The fourth-order valence-corrected chi connectivity index (χ4v) is 3.72. The number of hydrogen-bond acceptors (Lipinski definition) is 6. The first-order valence-corrected chi connectivity index (χ1v) is 9.05. The van der Waals surface area contributed by atoms with Gasteiger partial charge in [0.2, 0.25) is 5.91 Å². The van der Waals surface area contributed by atoms with Gasteiger partial charge in [0.05, 0.1) is 16.8 Å². The highest BCUT2D eigenvalue weighted by molar-refractivity contribution is 6.25. The molecule has 0 spiro atoms. The molecule has 0 radical (unpaired) electrons. The van der Waals surface area contributed by atoms with Crippen LogP contribution in [0.1, 0.15) is 40.5 Å². The van der Waals surface area contributed by atoms with Crippen LogP contribution in [0.3, 0.4) is 0 Å². The number of nitrogens with zero attached hydrogens (tertiary/aromatic N) is 3. The van der Waals surface area contributed by atoms with E-state index >= 15 is 0 Å². The molecule has 144 valence electrons. The van der Waals surface area contributed by atoms with E-state index < -0.39 is 23.8 Å². The molecule has 0 saturated carbocycles. The van der Waals surface area contributed by atoms with Crippen molar-refractivity contribution >= 4 is 29.7 Å². The summed E-state index contributed by atoms with van der Waals surface area (Å²) in [7, 11) is 2.05. The summed E-state index contributed by atoms with van der Waals surface area (Å²) in [5.41, 5.74) is 6.71. The van der Waals surface area contributed by atoms with Crippen LogP contribution < -0.4 is 10.6 Å². The van der Waals surface area contributed by atoms with Gasteiger partial charge in [-0.1, -0.05) is 6.07 Å². The Morgan fingerprint density at radius 3 is 2.67 bits per heavy atom. The molecule has 2 atom stereocenters. The summed E-state index contributed by atoms with van der Waals surface area (Å²) >= 11 is 0. The van der Waals surface area contributed by atoms with Crippen molar-refractivity contribution in [2.45, 2.75) is 31.8 Å². The Bertz CT molecular complexity index is 794. The average molecular weight is 372 g/mol. The smallest absolute Gasteiger partial charge is 0.264 e. The van der Waals surface area contributed by atoms with Crippen LogP contribution >= 0.6 is 0 Å². The predicted octanol–water partition coefficient (Wildman–Crippen LogP) is 0.256. The van der Waals surface area contributed by atoms with Crippen molar-refractivity contribution in [1.82, 2.24) is 9.80 Å². The second-order valence-electron chi connectivity index (χ2n) is 7.12. The van der Waals surface area contributed by atoms with E-state index in [0.717, 1.165) is 24.5 Å². The molecule has 1 aromatic carbocycles. The number of benzene rings is 1. The molecule has 1 saturated heterocycles. The largest absolute Gasteiger partial charge is 0.368 e. The molecule has 2 aliphatic rings. The lowest BCUT2D eigenvalue weighted by atomic mass is 10.0. The third-order valence-electron chi connectivity index (χ3n) is 5.42. The highest BCUT2D eigenvalue weighted by atomic mass is 16.2. The van der Waals surface area contributed by atoms with Gasteiger partial charge in [0.1, 0.15) is 12.3 Å². The van der Waals surface area contributed by atoms with E-state index in [0.29, 0.717) is 23.6 Å². The van der Waals surface area contributed by atoms with Gasteiger partial charge in [0.25, 0.3) is 11.8 Å². The highest BCUT2D eigenvalue weighted by Gasteiger charge is 2.44. The van der Waals surface area contributed by atoms with Crippen molar-refractivity contribution in [3.05, 3.63) is 29.3 Å². The lowest BCUT2D eigenvalue weighted by molar-refractivity contribution is -0.122. The number of rotatable bonds is 6. The first kappa shape index (κ1) is 19.0. The summed E-state index contributed by atoms with van der Waals surface area (Å²) in [5.74, 6) is -1.85. The number of carbonyl (C=O) groups is 4. The molecule has 2 heterocycles. The van der Waals surface area contributed by atoms with Crippen LogP contribution in [0.4, 0.5) is 5.69 Å². The lowest BCUT2D eigenvalue weighted by Crippen LogP contribution is -2.50. The molecule has 2 unspecified atom stereocenters. The molecule has 0 aliphatic carbocycles. The molecule has 2 aliphatic heterocycles. The quantitative estimate of drug-likeness (QED) is 0.567. The van der Waals surface area contributed by atoms with Gasteiger partial charge in [-0.2, -0.15) is 0 Å². The van der Waals surface area contributed by atoms with Gasteiger partial charge >= 0.3 is 0 Å². The maximum absolute atomic E-state index is 13.1. The van der Waals surface area contributed by atoms with Crippen LogP contribution in [0.15, 0.2) is 18.2 Å². The van der Waals surface area contributed by atoms with Crippen LogP contribution in [-0.2, 0) is 9.59 Å². The summed E-state index contributed by atoms with van der Waals surface area (Å²) in [6.45, 7) is 4.43. The average Bonchev–Trinajstić information content (AvgIpc) is 2.89. The first-order chi connectivity index (χ1) is 12.9. The number of likely N-dealkylation sites (N-methyl/N-ethyl adjacent to an activating group) is 1. The molecular weight excluding hydrogens is 348 g/mol. The van der Waals surface area contributed by atoms with Crippen molar-refractivity contribution < 1.29 is 19.2 Å². The molecular formula is C19H24N4O4. The summed E-state index contributed by atoms with van der Waals surface area (Å²) < 4.78 is 0. The van der Waals surface area contributed by atoms with E-state index in [1.54, 1.807) is 12.1 Å². The Balaban J connectivity index is 1.97. The molecule has 3 rings (SSSR count). The number of nitrogens with two attached hydrogens (primary N) is 1. The lowest BCUT2D eigenvalue weighted by Gasteiger charge is -2.39. The minimum atomic E-state index is -1.12. The van der Waals surface area contributed by atoms with Gasteiger partial charge in [-0.3, -0.25) is 19.3 Å². The topological polar surface area (TPSA) is 104 Å². The van der Waals surface area contributed by atoms with Crippen molar-refractivity contribution in [3.8, 4) is 0 Å². The van der Waals surface area contributed by atoms with E-state index in [9.17, 15) is 19.2 Å². The fraction of sp³-hybridized carbons (Fsp3) is 0.474. The van der Waals surface area contributed by atoms with Crippen molar-refractivity contribution in [2.75, 3.05) is 31.6 Å². The first-order valence-electron chi connectivity index (χ1n) is 9.05. The SMILES string of the molecule is CC1CN(c2cccc3c2C(=O)N(C(CCC=O)C(N)=O)C3=O)CCN1C. The Labute approximate surface area is 157 Å². The Hall–Kier alpha value is -2.74. The van der Waals surface area contributed by atoms with Crippen molar-refractivity contribution in [2.24, 2.45) is 5.73 Å². The molecule has 1 aromatic rings. The van der Waals surface area contributed by atoms with Gasteiger partial charge in [-0.25, -0.2) is 0 Å². The number of anilines is 1. The number of hydrogen-bond donors (Lipinski definition) is 1. The summed E-state index contributed by atoms with van der Waals surface area (Å²) in [6, 6.07) is 4.36. The van der Waals surface area contributed by atoms with Crippen LogP contribution in [0.25, 0.3) is 0 Å². The number of aldehydes is 1. The van der Waals surface area contributed by atoms with Gasteiger partial charge in [0.15, 0.2) is 0 Å². The molecule has 27 heavy (non-hydrogen) atoms. The predicted molar refractivity (Wildman–Crippen MR) is 99.5 cm³/mol. The van der Waals surface area contributed by atoms with Crippen molar-refractivity contribution in [1.29, 1.82) is 0 Å². The zero-order valence-electron chi connectivity index (χ0n) is 15.6. The van der Waals surface area contributed by atoms with Crippen LogP contribution in [0.5, 0.6) is 0 Å². The second-order valence-corrected chi connectivity index (χ2v) is 7.12. The number of carbonyl (C=O) groups excluding carboxylic acids is 4. The zero-order chi connectivity index (χ0) is 19.7. The standard InChI is InChI=1S/C19H24N4O4/c1-12-11-22(9-8-21(12)2)14-6-3-5-13-16(14)19(27)23(18(13)26)15(17(20)25)7-4-10-24/h3,5-6,10,12,15H,4,7-9,11H2,1-2H3,(H2,20,25). The minimum absolute atomic E-state index is 0.0329. The molecule has 8 heteroatoms. The number of piperazine rings is 1. The van der Waals surface area contributed by atoms with E-state index in [-0.39, 0.29) is 18.4 Å². The normalized spacial score (nSPS) is 21.3. The summed E-state index contributed by atoms with van der Waals surface area (Å²) in [4.78, 5) is 53.7. The maximum Gasteiger partial charge on any atom is 0.264 e. The van der Waals surface area contributed by atoms with Gasteiger partial charge < -0.3 is 20.3 Å². The Kier molecular flexibility index (Phi) is 5.27. The Morgan fingerprint density at radius 2 is 2.04 bits per heavy atom. The second kappa shape index (κ2) is 7.48. The monoisotopic (exact) mass is 372 g/mol. The molecule has 8 nitrogen and oxygen atoms in total. The van der Waals surface area contributed by atoms with Crippen LogP contribution in [-0.4, -0.2) is 72.6 Å². The Morgan fingerprint density at radius 1 is 1.30 bits per heavy atom. The fourth-order valence-electron chi connectivity index (χ4n) is 3.72. The number of fused-ring (bicyclic) bond motifs is 1. The molecule has 1 fully saturated rings. The van der Waals surface area contributed by atoms with Crippen molar-refractivity contribution in [3.63, 3.8) is 0 Å². The minimum Gasteiger partial charge on any atom is -0.368 e. The third kappa shape index (κ3) is 3.32. The molecule has 0 aromatic heterocycles. The van der Waals surface area contributed by atoms with Crippen LogP contribution in [0, 0.1) is 0 Å². The summed E-state index contributed by atoms with van der Waals surface area (Å²) in [6.07, 6.45) is 0.722. The van der Waals surface area contributed by atoms with Gasteiger partial charge in [0, 0.05) is 32.1 Å². The van der Waals surface area contributed by atoms with E-state index in [1.165, 1.54) is 0 Å². The van der Waals surface area contributed by atoms with Crippen LogP contribution in [0.2, 0.25) is 0 Å². The maximum atomic E-state index is 13.1. The van der Waals surface area contributed by atoms with Gasteiger partial charge in [-0.05, 0) is 32.5 Å². The van der Waals surface area contributed by atoms with E-state index in [4.69, 9.17) is 5.73 Å². The highest BCUT2D eigenvalue weighted by Crippen LogP contribution is 2.34. The van der Waals surface area contributed by atoms with E-state index in [2.05, 4.69) is 23.8 Å². The number of amides is 3. The zero-order valence-corrected chi connectivity index (χ0v) is 15.6. The molecule has 3 amide bonds. The molecule has 2 N–H and O–H groups in total. The third-order valence-corrected chi connectivity index (χ3v) is 5.42.